The van der Waals surface area contributed by atoms with Crippen molar-refractivity contribution in [2.75, 3.05) is 19.7 Å². The number of pyridine rings is 1. The largest absolute Gasteiger partial charge is 0.485 e. The van der Waals surface area contributed by atoms with E-state index in [0.717, 1.165) is 12.5 Å². The molecule has 2 aromatic heterocycles. The van der Waals surface area contributed by atoms with Gasteiger partial charge in [0, 0.05) is 25.2 Å². The van der Waals surface area contributed by atoms with Crippen LogP contribution in [0, 0.1) is 6.92 Å². The van der Waals surface area contributed by atoms with Crippen molar-refractivity contribution in [1.82, 2.24) is 25.3 Å². The molecule has 1 N–H and O–H groups in total. The average molecular weight is 459 g/mol. The van der Waals surface area contributed by atoms with Crippen molar-refractivity contribution in [2.24, 2.45) is 0 Å². The van der Waals surface area contributed by atoms with Gasteiger partial charge in [0.15, 0.2) is 18.7 Å². The number of aryl methyl sites for hydroxylation is 1. The van der Waals surface area contributed by atoms with Gasteiger partial charge in [0.25, 0.3) is 17.7 Å². The van der Waals surface area contributed by atoms with E-state index in [9.17, 15) is 18.4 Å². The highest BCUT2D eigenvalue weighted by Gasteiger charge is 2.35. The van der Waals surface area contributed by atoms with Gasteiger partial charge in [-0.15, -0.1) is 0 Å². The highest BCUT2D eigenvalue weighted by molar-refractivity contribution is 6.00. The minimum Gasteiger partial charge on any atom is -0.485 e. The van der Waals surface area contributed by atoms with E-state index in [1.165, 1.54) is 18.9 Å². The molecule has 4 heterocycles. The van der Waals surface area contributed by atoms with Crippen LogP contribution in [-0.2, 0) is 4.79 Å². The van der Waals surface area contributed by atoms with Gasteiger partial charge in [-0.05, 0) is 37.1 Å². The number of hydrazine groups is 1. The molecular formula is C22H23F2N5O4. The third-order valence-corrected chi connectivity index (χ3v) is 5.39. The molecule has 1 atom stereocenters. The average Bonchev–Trinajstić information content (AvgIpc) is 3.40. The Labute approximate surface area is 188 Å². The zero-order valence-electron chi connectivity index (χ0n) is 18.3. The first-order valence-electron chi connectivity index (χ1n) is 10.3. The molecule has 0 aliphatic carbocycles. The van der Waals surface area contributed by atoms with Crippen LogP contribution in [0.3, 0.4) is 0 Å². The second kappa shape index (κ2) is 8.64. The lowest BCUT2D eigenvalue weighted by Crippen LogP contribution is -2.41. The maximum Gasteiger partial charge on any atom is 0.291 e. The standard InChI is InChI=1S/C22H23F2N5O4/c1-13-6-17(25-7-19(13)33-11-22(3,23)24)14(2)29-9-15-8-28(5-4-16(15)21(29)31)27-20(30)18-10-32-12-26-18/h4-7,10,12,14H,8-9,11H2,1-3H3,(H,27,30). The van der Waals surface area contributed by atoms with Gasteiger partial charge in [-0.1, -0.05) is 0 Å². The van der Waals surface area contributed by atoms with E-state index >= 15 is 0 Å². The molecule has 0 saturated carbocycles. The third kappa shape index (κ3) is 4.86. The maximum atomic E-state index is 13.1. The number of carbonyl (C=O) groups is 2. The van der Waals surface area contributed by atoms with Gasteiger partial charge >= 0.3 is 0 Å². The normalized spacial score (nSPS) is 16.8. The summed E-state index contributed by atoms with van der Waals surface area (Å²) in [6.45, 7) is 4.36. The van der Waals surface area contributed by atoms with Crippen LogP contribution >= 0.6 is 0 Å². The van der Waals surface area contributed by atoms with Crippen molar-refractivity contribution in [1.29, 1.82) is 0 Å². The SMILES string of the molecule is Cc1cc(C(C)N2CC3=C(C=CN(NC(=O)c4cocn4)C3)C2=O)ncc1OCC(C)(F)F. The first-order valence-corrected chi connectivity index (χ1v) is 10.3. The van der Waals surface area contributed by atoms with E-state index in [2.05, 4.69) is 15.4 Å². The molecule has 2 amide bonds. The maximum absolute atomic E-state index is 13.1. The van der Waals surface area contributed by atoms with Gasteiger partial charge in [-0.3, -0.25) is 25.0 Å². The fourth-order valence-electron chi connectivity index (χ4n) is 3.63. The second-order valence-corrected chi connectivity index (χ2v) is 8.12. The fourth-order valence-corrected chi connectivity index (χ4v) is 3.63. The minimum absolute atomic E-state index is 0.137. The number of amides is 2. The Bertz CT molecular complexity index is 1120. The lowest BCUT2D eigenvalue weighted by atomic mass is 10.1. The molecule has 174 valence electrons. The summed E-state index contributed by atoms with van der Waals surface area (Å²) in [6, 6.07) is 1.38. The first kappa shape index (κ1) is 22.4. The van der Waals surface area contributed by atoms with Crippen molar-refractivity contribution in [3.63, 3.8) is 0 Å². The lowest BCUT2D eigenvalue weighted by Gasteiger charge is -2.26. The number of alkyl halides is 2. The number of hydrogen-bond acceptors (Lipinski definition) is 7. The van der Waals surface area contributed by atoms with Crippen molar-refractivity contribution in [3.05, 3.63) is 65.3 Å². The van der Waals surface area contributed by atoms with Crippen molar-refractivity contribution >= 4 is 11.8 Å². The van der Waals surface area contributed by atoms with Gasteiger partial charge in [0.1, 0.15) is 12.0 Å². The molecule has 1 unspecified atom stereocenters. The highest BCUT2D eigenvalue weighted by Crippen LogP contribution is 2.32. The van der Waals surface area contributed by atoms with Gasteiger partial charge in [0.05, 0.1) is 24.5 Å². The molecular weight excluding hydrogens is 436 g/mol. The van der Waals surface area contributed by atoms with Crippen LogP contribution in [0.1, 0.15) is 41.6 Å². The van der Waals surface area contributed by atoms with Gasteiger partial charge in [-0.2, -0.15) is 0 Å². The van der Waals surface area contributed by atoms with Crippen LogP contribution in [0.15, 0.2) is 52.8 Å². The molecule has 0 bridgehead atoms. The van der Waals surface area contributed by atoms with E-state index in [4.69, 9.17) is 9.15 Å². The molecule has 33 heavy (non-hydrogen) atoms. The number of carbonyl (C=O) groups excluding carboxylic acids is 2. The number of nitrogens with one attached hydrogen (secondary N) is 1. The van der Waals surface area contributed by atoms with Crippen LogP contribution < -0.4 is 10.2 Å². The fraction of sp³-hybridized carbons (Fsp3) is 0.364. The van der Waals surface area contributed by atoms with Crippen LogP contribution in [0.5, 0.6) is 5.75 Å². The zero-order valence-corrected chi connectivity index (χ0v) is 18.3. The Kier molecular flexibility index (Phi) is 5.88. The van der Waals surface area contributed by atoms with Crippen LogP contribution in [0.4, 0.5) is 8.78 Å². The molecule has 0 fully saturated rings. The van der Waals surface area contributed by atoms with E-state index < -0.39 is 18.4 Å². The Morgan fingerprint density at radius 2 is 2.15 bits per heavy atom. The third-order valence-electron chi connectivity index (χ3n) is 5.39. The number of aromatic nitrogens is 2. The molecule has 2 aromatic rings. The van der Waals surface area contributed by atoms with E-state index in [1.54, 1.807) is 35.2 Å². The molecule has 2 aliphatic rings. The van der Waals surface area contributed by atoms with Gasteiger partial charge in [0.2, 0.25) is 0 Å². The minimum atomic E-state index is -2.94. The zero-order chi connectivity index (χ0) is 23.8. The second-order valence-electron chi connectivity index (χ2n) is 8.12. The number of halogens is 2. The molecule has 11 heteroatoms. The first-order chi connectivity index (χ1) is 15.6. The Balaban J connectivity index is 1.40. The summed E-state index contributed by atoms with van der Waals surface area (Å²) < 4.78 is 36.1. The Morgan fingerprint density at radius 3 is 2.82 bits per heavy atom. The van der Waals surface area contributed by atoms with Crippen molar-refractivity contribution in [3.8, 4) is 5.75 Å². The smallest absolute Gasteiger partial charge is 0.291 e. The van der Waals surface area contributed by atoms with E-state index in [-0.39, 0.29) is 23.4 Å². The highest BCUT2D eigenvalue weighted by atomic mass is 19.3. The number of rotatable bonds is 7. The molecule has 2 aliphatic heterocycles. The molecule has 0 radical (unpaired) electrons. The predicted molar refractivity (Wildman–Crippen MR) is 112 cm³/mol. The molecule has 9 nitrogen and oxygen atoms in total. The summed E-state index contributed by atoms with van der Waals surface area (Å²) >= 11 is 0. The van der Waals surface area contributed by atoms with Gasteiger partial charge < -0.3 is 14.1 Å². The number of oxazole rings is 1. The number of hydrogen-bond donors (Lipinski definition) is 1. The van der Waals surface area contributed by atoms with Crippen molar-refractivity contribution in [2.45, 2.75) is 32.7 Å². The Hall–Kier alpha value is -3.76. The summed E-state index contributed by atoms with van der Waals surface area (Å²) in [6.07, 6.45) is 7.11. The van der Waals surface area contributed by atoms with Crippen LogP contribution in [0.25, 0.3) is 0 Å². The van der Waals surface area contributed by atoms with Crippen molar-refractivity contribution < 1.29 is 27.5 Å². The topological polar surface area (TPSA) is 101 Å². The molecule has 0 aromatic carbocycles. The van der Waals surface area contributed by atoms with E-state index in [1.807, 2.05) is 6.92 Å². The molecule has 0 spiro atoms. The quantitative estimate of drug-likeness (QED) is 0.680. The number of nitrogens with zero attached hydrogens (tertiary/aromatic N) is 4. The van der Waals surface area contributed by atoms with Crippen LogP contribution in [-0.4, -0.2) is 57.3 Å². The monoisotopic (exact) mass is 459 g/mol. The summed E-state index contributed by atoms with van der Waals surface area (Å²) in [5.74, 6) is -3.23. The summed E-state index contributed by atoms with van der Waals surface area (Å²) in [7, 11) is 0. The predicted octanol–water partition coefficient (Wildman–Crippen LogP) is 2.79. The summed E-state index contributed by atoms with van der Waals surface area (Å²) in [5, 5.41) is 1.58. The summed E-state index contributed by atoms with van der Waals surface area (Å²) in [5.41, 5.74) is 5.57. The summed E-state index contributed by atoms with van der Waals surface area (Å²) in [4.78, 5) is 35.0. The Morgan fingerprint density at radius 1 is 1.36 bits per heavy atom. The molecule has 0 saturated heterocycles. The number of ether oxygens (including phenoxy) is 1. The van der Waals surface area contributed by atoms with Gasteiger partial charge in [-0.25, -0.2) is 13.8 Å². The molecule has 4 rings (SSSR count). The van der Waals surface area contributed by atoms with Crippen LogP contribution in [0.2, 0.25) is 0 Å². The lowest BCUT2D eigenvalue weighted by molar-refractivity contribution is -0.127. The van der Waals surface area contributed by atoms with E-state index in [0.29, 0.717) is 29.9 Å².